The lowest BCUT2D eigenvalue weighted by atomic mass is 10.2. The average Bonchev–Trinajstić information content (AvgIpc) is 3.28. The largest absolute Gasteiger partial charge is 0.378 e. The van der Waals surface area contributed by atoms with Crippen LogP contribution in [0.4, 0.5) is 11.8 Å². The number of nitrogens with zero attached hydrogens (tertiary/aromatic N) is 4. The van der Waals surface area contributed by atoms with Gasteiger partial charge in [-0.15, -0.1) is 11.3 Å². The highest BCUT2D eigenvalue weighted by atomic mass is 32.1. The number of aromatic nitrogens is 3. The van der Waals surface area contributed by atoms with Crippen LogP contribution < -0.4 is 10.2 Å². The predicted octanol–water partition coefficient (Wildman–Crippen LogP) is 2.33. The molecule has 116 valence electrons. The third kappa shape index (κ3) is 3.05. The lowest BCUT2D eigenvalue weighted by Crippen LogP contribution is -2.37. The molecular weight excluding hydrogens is 298 g/mol. The summed E-state index contributed by atoms with van der Waals surface area (Å²) in [5, 5.41) is 6.74. The summed E-state index contributed by atoms with van der Waals surface area (Å²) in [5.74, 6) is 2.33. The van der Waals surface area contributed by atoms with Crippen LogP contribution in [-0.2, 0) is 4.74 Å². The number of nitrogens with one attached hydrogen (secondary N) is 1. The molecule has 0 spiro atoms. The standard InChI is InChI=1S/C15H19N5OS/c1-2-11(1)13(14-16-5-10-22-14)18-12-3-4-17-15(19-12)20-6-8-21-9-7-20/h3-5,10-11,13H,1-2,6-9H2,(H,17,18,19). The molecule has 1 saturated heterocycles. The van der Waals surface area contributed by atoms with Crippen molar-refractivity contribution in [3.8, 4) is 0 Å². The van der Waals surface area contributed by atoms with Crippen LogP contribution in [0.15, 0.2) is 23.8 Å². The van der Waals surface area contributed by atoms with E-state index < -0.39 is 0 Å². The Kier molecular flexibility index (Phi) is 3.90. The summed E-state index contributed by atoms with van der Waals surface area (Å²) in [6.07, 6.45) is 6.22. The van der Waals surface area contributed by atoms with Crippen molar-refractivity contribution in [2.45, 2.75) is 18.9 Å². The van der Waals surface area contributed by atoms with Crippen molar-refractivity contribution >= 4 is 23.1 Å². The first-order valence-corrected chi connectivity index (χ1v) is 8.60. The van der Waals surface area contributed by atoms with E-state index in [2.05, 4.69) is 25.2 Å². The summed E-state index contributed by atoms with van der Waals surface area (Å²) in [6.45, 7) is 3.18. The van der Waals surface area contributed by atoms with E-state index in [4.69, 9.17) is 4.74 Å². The maximum absolute atomic E-state index is 5.38. The van der Waals surface area contributed by atoms with Gasteiger partial charge in [-0.2, -0.15) is 4.98 Å². The summed E-state index contributed by atoms with van der Waals surface area (Å²) >= 11 is 1.71. The summed E-state index contributed by atoms with van der Waals surface area (Å²) in [7, 11) is 0. The summed E-state index contributed by atoms with van der Waals surface area (Å²) in [4.78, 5) is 15.7. The molecule has 1 saturated carbocycles. The summed E-state index contributed by atoms with van der Waals surface area (Å²) < 4.78 is 5.38. The Bertz CT molecular complexity index is 610. The minimum atomic E-state index is 0.271. The lowest BCUT2D eigenvalue weighted by Gasteiger charge is -2.27. The molecule has 2 aromatic heterocycles. The first-order valence-electron chi connectivity index (χ1n) is 7.72. The Labute approximate surface area is 133 Å². The Morgan fingerprint density at radius 3 is 2.82 bits per heavy atom. The van der Waals surface area contributed by atoms with Crippen LogP contribution in [-0.4, -0.2) is 41.3 Å². The van der Waals surface area contributed by atoms with Gasteiger partial charge in [-0.1, -0.05) is 0 Å². The summed E-state index contributed by atoms with van der Waals surface area (Å²) in [6, 6.07) is 2.21. The molecule has 0 amide bonds. The molecule has 2 aliphatic rings. The quantitative estimate of drug-likeness (QED) is 0.913. The molecule has 7 heteroatoms. The minimum Gasteiger partial charge on any atom is -0.378 e. The first-order chi connectivity index (χ1) is 10.9. The SMILES string of the molecule is c1cc(NC(c2nccs2)C2CC2)nc(N2CCOCC2)n1. The van der Waals surface area contributed by atoms with Crippen molar-refractivity contribution in [1.82, 2.24) is 15.0 Å². The van der Waals surface area contributed by atoms with Crippen LogP contribution in [0, 0.1) is 5.92 Å². The molecule has 1 atom stereocenters. The highest BCUT2D eigenvalue weighted by molar-refractivity contribution is 7.09. The van der Waals surface area contributed by atoms with Gasteiger partial charge in [0, 0.05) is 30.9 Å². The van der Waals surface area contributed by atoms with E-state index in [1.807, 2.05) is 23.8 Å². The van der Waals surface area contributed by atoms with E-state index in [9.17, 15) is 0 Å². The van der Waals surface area contributed by atoms with Crippen LogP contribution in [0.2, 0.25) is 0 Å². The van der Waals surface area contributed by atoms with Gasteiger partial charge in [0.15, 0.2) is 0 Å². The molecule has 4 rings (SSSR count). The normalized spacial score (nSPS) is 19.9. The number of anilines is 2. The Balaban J connectivity index is 1.52. The highest BCUT2D eigenvalue weighted by Crippen LogP contribution is 2.43. The van der Waals surface area contributed by atoms with Gasteiger partial charge in [-0.3, -0.25) is 0 Å². The van der Waals surface area contributed by atoms with E-state index in [-0.39, 0.29) is 6.04 Å². The van der Waals surface area contributed by atoms with Crippen LogP contribution in [0.5, 0.6) is 0 Å². The zero-order valence-corrected chi connectivity index (χ0v) is 13.1. The number of hydrogen-bond donors (Lipinski definition) is 1. The first kappa shape index (κ1) is 13.9. The molecule has 0 bridgehead atoms. The van der Waals surface area contributed by atoms with Gasteiger partial charge in [0.2, 0.25) is 5.95 Å². The van der Waals surface area contributed by atoms with Crippen molar-refractivity contribution in [2.75, 3.05) is 36.5 Å². The highest BCUT2D eigenvalue weighted by Gasteiger charge is 2.34. The molecule has 6 nitrogen and oxygen atoms in total. The van der Waals surface area contributed by atoms with Gasteiger partial charge in [0.05, 0.1) is 19.3 Å². The predicted molar refractivity (Wildman–Crippen MR) is 86.3 cm³/mol. The molecule has 0 aromatic carbocycles. The maximum atomic E-state index is 5.38. The average molecular weight is 317 g/mol. The molecule has 0 radical (unpaired) electrons. The number of rotatable bonds is 5. The van der Waals surface area contributed by atoms with Gasteiger partial charge in [-0.25, -0.2) is 9.97 Å². The molecule has 1 aliphatic carbocycles. The third-order valence-corrected chi connectivity index (χ3v) is 4.91. The number of morpholine rings is 1. The van der Waals surface area contributed by atoms with Crippen molar-refractivity contribution in [2.24, 2.45) is 5.92 Å². The smallest absolute Gasteiger partial charge is 0.227 e. The van der Waals surface area contributed by atoms with Crippen LogP contribution in [0.25, 0.3) is 0 Å². The number of thiazole rings is 1. The van der Waals surface area contributed by atoms with E-state index in [1.54, 1.807) is 11.3 Å². The number of hydrogen-bond acceptors (Lipinski definition) is 7. The fourth-order valence-electron chi connectivity index (χ4n) is 2.70. The fourth-order valence-corrected chi connectivity index (χ4v) is 3.48. The Hall–Kier alpha value is -1.73. The second kappa shape index (κ2) is 6.18. The molecular formula is C15H19N5OS. The third-order valence-electron chi connectivity index (χ3n) is 4.05. The molecule has 3 heterocycles. The van der Waals surface area contributed by atoms with Crippen LogP contribution in [0.3, 0.4) is 0 Å². The lowest BCUT2D eigenvalue weighted by molar-refractivity contribution is 0.122. The van der Waals surface area contributed by atoms with Gasteiger partial charge < -0.3 is 15.0 Å². The van der Waals surface area contributed by atoms with E-state index in [1.165, 1.54) is 12.8 Å². The van der Waals surface area contributed by atoms with E-state index in [0.717, 1.165) is 43.1 Å². The molecule has 2 fully saturated rings. The Morgan fingerprint density at radius 2 is 2.09 bits per heavy atom. The second-order valence-corrected chi connectivity index (χ2v) is 6.60. The zero-order chi connectivity index (χ0) is 14.8. The molecule has 22 heavy (non-hydrogen) atoms. The number of ether oxygens (including phenoxy) is 1. The van der Waals surface area contributed by atoms with Gasteiger partial charge in [-0.05, 0) is 24.8 Å². The Morgan fingerprint density at radius 1 is 1.23 bits per heavy atom. The molecule has 1 aliphatic heterocycles. The minimum absolute atomic E-state index is 0.271. The maximum Gasteiger partial charge on any atom is 0.227 e. The van der Waals surface area contributed by atoms with Crippen molar-refractivity contribution in [3.05, 3.63) is 28.8 Å². The monoisotopic (exact) mass is 317 g/mol. The van der Waals surface area contributed by atoms with Crippen molar-refractivity contribution in [1.29, 1.82) is 0 Å². The van der Waals surface area contributed by atoms with Crippen molar-refractivity contribution < 1.29 is 4.74 Å². The molecule has 1 N–H and O–H groups in total. The van der Waals surface area contributed by atoms with E-state index >= 15 is 0 Å². The molecule has 2 aromatic rings. The second-order valence-electron chi connectivity index (χ2n) is 5.67. The topological polar surface area (TPSA) is 63.2 Å². The summed E-state index contributed by atoms with van der Waals surface area (Å²) in [5.41, 5.74) is 0. The van der Waals surface area contributed by atoms with E-state index in [0.29, 0.717) is 5.92 Å². The van der Waals surface area contributed by atoms with Crippen molar-refractivity contribution in [3.63, 3.8) is 0 Å². The van der Waals surface area contributed by atoms with Crippen LogP contribution in [0.1, 0.15) is 23.9 Å². The van der Waals surface area contributed by atoms with Gasteiger partial charge in [0.25, 0.3) is 0 Å². The van der Waals surface area contributed by atoms with Gasteiger partial charge >= 0.3 is 0 Å². The molecule has 1 unspecified atom stereocenters. The fraction of sp³-hybridized carbons (Fsp3) is 0.533. The van der Waals surface area contributed by atoms with Crippen LogP contribution >= 0.6 is 11.3 Å². The zero-order valence-electron chi connectivity index (χ0n) is 12.3. The van der Waals surface area contributed by atoms with Gasteiger partial charge in [0.1, 0.15) is 10.8 Å².